The lowest BCUT2D eigenvalue weighted by Crippen LogP contribution is -2.60. The van der Waals surface area contributed by atoms with Gasteiger partial charge in [-0.05, 0) is 24.0 Å². The Kier molecular flexibility index (Phi) is 9.30. The zero-order valence-corrected chi connectivity index (χ0v) is 29.0. The largest absolute Gasteiger partial charge is 0.481 e. The monoisotopic (exact) mass is 663 g/mol. The van der Waals surface area contributed by atoms with Gasteiger partial charge in [0.05, 0.1) is 90.7 Å². The molecule has 3 aromatic rings. The molecular weight excluding hydrogens is 614 g/mol. The number of likely N-dealkylation sites (tertiary alicyclic amines) is 1. The molecule has 1 aliphatic carbocycles. The number of aliphatic carboxylic acids is 1. The molecule has 1 aromatic carbocycles. The van der Waals surface area contributed by atoms with Crippen LogP contribution in [0.15, 0.2) is 42.0 Å². The zero-order chi connectivity index (χ0) is 33.4. The van der Waals surface area contributed by atoms with Crippen LogP contribution in [-0.2, 0) is 33.8 Å². The minimum atomic E-state index is -1.02. The molecule has 0 radical (unpaired) electrons. The van der Waals surface area contributed by atoms with Gasteiger partial charge >= 0.3 is 5.97 Å². The number of aryl methyl sites for hydroxylation is 1. The van der Waals surface area contributed by atoms with Gasteiger partial charge in [-0.1, -0.05) is 24.3 Å². The topological polar surface area (TPSA) is 109 Å². The van der Waals surface area contributed by atoms with Gasteiger partial charge in [0.1, 0.15) is 0 Å². The van der Waals surface area contributed by atoms with Gasteiger partial charge in [0, 0.05) is 55.9 Å². The number of hydrogen-bond donors (Lipinski definition) is 1. The number of fused-ring (bicyclic) bond motifs is 1. The molecule has 0 saturated carbocycles. The third-order valence-corrected chi connectivity index (χ3v) is 11.8. The molecule has 12 heteroatoms. The SMILES string of the molecule is CN(C(=O)C1(CC(=O)O)Cc2ccccc2C1)c1nc(-c2cnn(CCC[N+]3(C)CCN(C(=O)C4CC[N+](C)(C)CC4)CC3)c2)cs1. The maximum absolute atomic E-state index is 13.8. The molecule has 6 rings (SSSR count). The number of rotatable bonds is 10. The van der Waals surface area contributed by atoms with Crippen molar-refractivity contribution in [2.45, 2.75) is 45.1 Å². The van der Waals surface area contributed by atoms with Crippen LogP contribution in [0.4, 0.5) is 5.13 Å². The van der Waals surface area contributed by atoms with E-state index in [-0.39, 0.29) is 18.2 Å². The Morgan fingerprint density at radius 2 is 1.70 bits per heavy atom. The smallest absolute Gasteiger partial charge is 0.304 e. The molecule has 11 nitrogen and oxygen atoms in total. The lowest BCUT2D eigenvalue weighted by molar-refractivity contribution is -0.913. The first-order valence-electron chi connectivity index (χ1n) is 16.8. The van der Waals surface area contributed by atoms with Crippen LogP contribution in [0, 0.1) is 11.3 Å². The van der Waals surface area contributed by atoms with Crippen LogP contribution in [0.25, 0.3) is 11.3 Å². The second kappa shape index (κ2) is 13.1. The number of anilines is 1. The number of benzene rings is 1. The van der Waals surface area contributed by atoms with Crippen LogP contribution in [0.5, 0.6) is 0 Å². The number of carboxylic acids is 1. The van der Waals surface area contributed by atoms with Crippen molar-refractivity contribution in [2.75, 3.05) is 78.9 Å². The van der Waals surface area contributed by atoms with Crippen LogP contribution >= 0.6 is 11.3 Å². The van der Waals surface area contributed by atoms with Gasteiger partial charge in [-0.25, -0.2) is 4.98 Å². The van der Waals surface area contributed by atoms with Gasteiger partial charge in [0.25, 0.3) is 0 Å². The number of carboxylic acid groups (broad SMARTS) is 1. The standard InChI is InChI=1S/C35H48N7O4S/c1-38(33(46)35(22-31(43)44)20-27-8-5-6-9-28(27)21-35)34-37-30(25-47-34)29-23-36-40(24-29)12-7-15-42(4)18-13-39(14-19-42)32(45)26-10-16-41(2,3)17-11-26/h5-6,8-9,23-26H,7,10-22H2,1-4H3/q+1/p+1. The summed E-state index contributed by atoms with van der Waals surface area (Å²) in [6.07, 6.45) is 7.40. The number of aromatic nitrogens is 3. The maximum Gasteiger partial charge on any atom is 0.304 e. The molecule has 2 aromatic heterocycles. The Morgan fingerprint density at radius 1 is 1.04 bits per heavy atom. The van der Waals surface area contributed by atoms with Gasteiger partial charge in [0.2, 0.25) is 11.8 Å². The molecule has 4 heterocycles. The number of amides is 2. The van der Waals surface area contributed by atoms with Gasteiger partial charge in [-0.15, -0.1) is 11.3 Å². The third-order valence-electron chi connectivity index (χ3n) is 10.9. The van der Waals surface area contributed by atoms with Crippen molar-refractivity contribution >= 4 is 34.3 Å². The van der Waals surface area contributed by atoms with Gasteiger partial charge < -0.3 is 19.0 Å². The number of thiazole rings is 1. The van der Waals surface area contributed by atoms with Crippen LogP contribution in [0.3, 0.4) is 0 Å². The number of piperidine rings is 1. The molecule has 2 amide bonds. The number of carbonyl (C=O) groups excluding carboxylic acids is 2. The summed E-state index contributed by atoms with van der Waals surface area (Å²) in [5.74, 6) is -0.629. The first kappa shape index (κ1) is 33.3. The zero-order valence-electron chi connectivity index (χ0n) is 28.2. The number of piperazine rings is 1. The molecule has 252 valence electrons. The fraction of sp³-hybridized carbons (Fsp3) is 0.571. The summed E-state index contributed by atoms with van der Waals surface area (Å²) in [4.78, 5) is 47.3. The molecule has 1 N–H and O–H groups in total. The van der Waals surface area contributed by atoms with Crippen molar-refractivity contribution in [1.29, 1.82) is 0 Å². The Hall–Kier alpha value is -3.61. The summed E-state index contributed by atoms with van der Waals surface area (Å²) in [6.45, 7) is 7.63. The van der Waals surface area contributed by atoms with Crippen LogP contribution in [-0.4, -0.2) is 126 Å². The molecular formula is C35H49N7O4S+2. The molecule has 0 atom stereocenters. The number of nitrogens with zero attached hydrogens (tertiary/aromatic N) is 7. The second-order valence-corrected chi connectivity index (χ2v) is 15.8. The van der Waals surface area contributed by atoms with E-state index in [1.165, 1.54) is 16.2 Å². The molecule has 2 aliphatic heterocycles. The maximum atomic E-state index is 13.8. The quantitative estimate of drug-likeness (QED) is 0.334. The Balaban J connectivity index is 1.00. The second-order valence-electron chi connectivity index (χ2n) is 15.0. The molecule has 0 spiro atoms. The van der Waals surface area contributed by atoms with Crippen molar-refractivity contribution in [3.63, 3.8) is 0 Å². The van der Waals surface area contributed by atoms with Crippen molar-refractivity contribution in [2.24, 2.45) is 11.3 Å². The average Bonchev–Trinajstić information content (AvgIpc) is 3.79. The third kappa shape index (κ3) is 7.29. The van der Waals surface area contributed by atoms with Crippen molar-refractivity contribution < 1.29 is 28.5 Å². The highest BCUT2D eigenvalue weighted by atomic mass is 32.1. The van der Waals surface area contributed by atoms with Crippen LogP contribution < -0.4 is 4.90 Å². The predicted octanol–water partition coefficient (Wildman–Crippen LogP) is 3.39. The Labute approximate surface area is 281 Å². The lowest BCUT2D eigenvalue weighted by atomic mass is 9.80. The summed E-state index contributed by atoms with van der Waals surface area (Å²) in [5, 5.41) is 16.8. The van der Waals surface area contributed by atoms with E-state index >= 15 is 0 Å². The molecule has 47 heavy (non-hydrogen) atoms. The van der Waals surface area contributed by atoms with E-state index in [1.807, 2.05) is 46.7 Å². The van der Waals surface area contributed by atoms with E-state index in [0.717, 1.165) is 103 Å². The summed E-state index contributed by atoms with van der Waals surface area (Å²) in [7, 11) is 8.50. The highest BCUT2D eigenvalue weighted by Crippen LogP contribution is 2.42. The van der Waals surface area contributed by atoms with E-state index in [0.29, 0.717) is 23.9 Å². The van der Waals surface area contributed by atoms with E-state index in [2.05, 4.69) is 31.1 Å². The number of hydrogen-bond acceptors (Lipinski definition) is 6. The van der Waals surface area contributed by atoms with Gasteiger partial charge in [-0.2, -0.15) is 5.10 Å². The average molecular weight is 664 g/mol. The van der Waals surface area contributed by atoms with Gasteiger partial charge in [0.15, 0.2) is 5.13 Å². The Bertz CT molecular complexity index is 1590. The highest BCUT2D eigenvalue weighted by Gasteiger charge is 2.47. The molecule has 0 unspecified atom stereocenters. The van der Waals surface area contributed by atoms with Gasteiger partial charge in [-0.3, -0.25) is 24.0 Å². The fourth-order valence-corrected chi connectivity index (χ4v) is 8.52. The molecule has 3 aliphatic rings. The summed E-state index contributed by atoms with van der Waals surface area (Å²) in [5.41, 5.74) is 2.69. The van der Waals surface area contributed by atoms with E-state index in [9.17, 15) is 19.5 Å². The number of quaternary nitrogens is 2. The van der Waals surface area contributed by atoms with E-state index in [4.69, 9.17) is 4.98 Å². The van der Waals surface area contributed by atoms with Crippen molar-refractivity contribution in [1.82, 2.24) is 19.7 Å². The van der Waals surface area contributed by atoms with Crippen molar-refractivity contribution in [3.8, 4) is 11.3 Å². The number of carbonyl (C=O) groups is 3. The van der Waals surface area contributed by atoms with E-state index in [1.54, 1.807) is 7.05 Å². The normalized spacial score (nSPS) is 20.1. The lowest BCUT2D eigenvalue weighted by Gasteiger charge is -2.44. The molecule has 2 saturated heterocycles. The van der Waals surface area contributed by atoms with Crippen LogP contribution in [0.2, 0.25) is 0 Å². The highest BCUT2D eigenvalue weighted by molar-refractivity contribution is 7.14. The minimum absolute atomic E-state index is 0.195. The van der Waals surface area contributed by atoms with Crippen LogP contribution in [0.1, 0.15) is 36.8 Å². The first-order valence-corrected chi connectivity index (χ1v) is 17.7. The molecule has 2 fully saturated rings. The number of likely N-dealkylation sites (N-methyl/N-ethyl adjacent to an activating group) is 1. The Morgan fingerprint density at radius 3 is 2.34 bits per heavy atom. The van der Waals surface area contributed by atoms with E-state index < -0.39 is 11.4 Å². The minimum Gasteiger partial charge on any atom is -0.481 e. The first-order chi connectivity index (χ1) is 22.4. The summed E-state index contributed by atoms with van der Waals surface area (Å²) in [6, 6.07) is 7.82. The molecule has 0 bridgehead atoms. The summed E-state index contributed by atoms with van der Waals surface area (Å²) < 4.78 is 3.94. The predicted molar refractivity (Wildman–Crippen MR) is 182 cm³/mol. The summed E-state index contributed by atoms with van der Waals surface area (Å²) >= 11 is 1.38. The fourth-order valence-electron chi connectivity index (χ4n) is 7.73. The van der Waals surface area contributed by atoms with Crippen molar-refractivity contribution in [3.05, 3.63) is 53.2 Å².